The number of para-hydroxylation sites is 1. The maximum absolute atomic E-state index is 12.2. The van der Waals surface area contributed by atoms with Crippen molar-refractivity contribution >= 4 is 70.6 Å². The fourth-order valence-corrected chi connectivity index (χ4v) is 5.20. The third kappa shape index (κ3) is 6.44. The third-order valence-corrected chi connectivity index (χ3v) is 7.42. The van der Waals surface area contributed by atoms with Gasteiger partial charge in [-0.3, -0.25) is 13.8 Å². The summed E-state index contributed by atoms with van der Waals surface area (Å²) in [5, 5.41) is 18.1. The van der Waals surface area contributed by atoms with Gasteiger partial charge in [0.05, 0.1) is 16.0 Å². The molecule has 0 aliphatic heterocycles. The maximum atomic E-state index is 12.2. The van der Waals surface area contributed by atoms with E-state index >= 15 is 0 Å². The van der Waals surface area contributed by atoms with Crippen molar-refractivity contribution < 1.29 is 44.2 Å². The van der Waals surface area contributed by atoms with E-state index in [4.69, 9.17) is 16.3 Å². The van der Waals surface area contributed by atoms with Gasteiger partial charge < -0.3 is 9.84 Å². The van der Waals surface area contributed by atoms with Crippen LogP contribution in [0.1, 0.15) is 0 Å². The number of ether oxygens (including phenoxy) is 1. The Labute approximate surface area is 227 Å². The van der Waals surface area contributed by atoms with E-state index in [0.717, 1.165) is 12.1 Å². The van der Waals surface area contributed by atoms with Gasteiger partial charge in [-0.05, 0) is 53.9 Å². The Morgan fingerprint density at radius 1 is 0.872 bits per heavy atom. The van der Waals surface area contributed by atoms with Crippen LogP contribution in [0.2, 0.25) is 5.02 Å². The van der Waals surface area contributed by atoms with Crippen LogP contribution in [0.25, 0.3) is 10.8 Å². The molecule has 0 atom stereocenters. The lowest BCUT2D eigenvalue weighted by molar-refractivity contribution is 0.472. The smallest absolute Gasteiger partial charge is 0.296 e. The molecule has 0 aliphatic rings. The topological polar surface area (TPSA) is 209 Å². The summed E-state index contributed by atoms with van der Waals surface area (Å²) in [7, 11) is -13.4. The van der Waals surface area contributed by atoms with Gasteiger partial charge in [0.15, 0.2) is 11.5 Å². The van der Waals surface area contributed by atoms with Gasteiger partial charge in [0.1, 0.15) is 22.0 Å². The van der Waals surface area contributed by atoms with E-state index in [2.05, 4.69) is 10.2 Å². The number of rotatable bonds is 8. The minimum atomic E-state index is -5.13. The number of benzene rings is 4. The summed E-state index contributed by atoms with van der Waals surface area (Å²) >= 11 is 6.06. The van der Waals surface area contributed by atoms with Gasteiger partial charge in [0, 0.05) is 5.02 Å². The Hall–Kier alpha value is -3.80. The van der Waals surface area contributed by atoms with Crippen LogP contribution in [0, 0.1) is 0 Å². The molecule has 13 nitrogen and oxygen atoms in total. The van der Waals surface area contributed by atoms with E-state index in [1.807, 2.05) is 4.72 Å². The number of halogens is 1. The molecule has 0 heterocycles. The van der Waals surface area contributed by atoms with Crippen molar-refractivity contribution in [3.63, 3.8) is 0 Å². The molecule has 0 fully saturated rings. The zero-order valence-electron chi connectivity index (χ0n) is 19.1. The maximum Gasteiger partial charge on any atom is 0.296 e. The quantitative estimate of drug-likeness (QED) is 0.104. The molecule has 0 amide bonds. The number of hydrogen-bond acceptors (Lipinski definition) is 10. The van der Waals surface area contributed by atoms with Crippen LogP contribution in [0.5, 0.6) is 17.2 Å². The van der Waals surface area contributed by atoms with Crippen LogP contribution in [-0.2, 0) is 31.1 Å². The lowest BCUT2D eigenvalue weighted by atomic mass is 10.1. The number of anilines is 1. The molecule has 4 aromatic rings. The van der Waals surface area contributed by atoms with E-state index in [-0.39, 0.29) is 21.8 Å². The van der Waals surface area contributed by atoms with E-state index < -0.39 is 63.4 Å². The molecular weight excluding hydrogens is 598 g/mol. The zero-order chi connectivity index (χ0) is 28.5. The van der Waals surface area contributed by atoms with Crippen molar-refractivity contribution in [2.24, 2.45) is 10.2 Å². The van der Waals surface area contributed by atoms with Crippen molar-refractivity contribution in [1.82, 2.24) is 0 Å². The Morgan fingerprint density at radius 3 is 2.18 bits per heavy atom. The normalized spacial score (nSPS) is 12.3. The highest BCUT2D eigenvalue weighted by Crippen LogP contribution is 2.46. The Morgan fingerprint density at radius 2 is 1.56 bits per heavy atom. The number of fused-ring (bicyclic) bond motifs is 1. The number of phenolic OH excluding ortho intramolecular Hbond substituents is 1. The lowest BCUT2D eigenvalue weighted by Crippen LogP contribution is -2.04. The molecule has 0 bridgehead atoms. The molecule has 0 saturated carbocycles. The van der Waals surface area contributed by atoms with Gasteiger partial charge in [-0.15, -0.1) is 10.2 Å². The molecule has 0 unspecified atom stereocenters. The van der Waals surface area contributed by atoms with E-state index in [1.165, 1.54) is 18.2 Å². The summed E-state index contributed by atoms with van der Waals surface area (Å²) in [6, 6.07) is 14.9. The minimum Gasteiger partial charge on any atom is -0.505 e. The Kier molecular flexibility index (Phi) is 7.78. The molecule has 4 aromatic carbocycles. The van der Waals surface area contributed by atoms with E-state index in [9.17, 15) is 39.5 Å². The monoisotopic (exact) mass is 613 g/mol. The molecule has 0 radical (unpaired) electrons. The molecule has 4 N–H and O–H groups in total. The van der Waals surface area contributed by atoms with Gasteiger partial charge in [-0.25, -0.2) is 8.42 Å². The van der Waals surface area contributed by atoms with Gasteiger partial charge in [-0.2, -0.15) is 16.8 Å². The second-order valence-corrected chi connectivity index (χ2v) is 11.7. The molecule has 0 aromatic heterocycles. The van der Waals surface area contributed by atoms with E-state index in [1.54, 1.807) is 30.3 Å². The molecule has 204 valence electrons. The second kappa shape index (κ2) is 10.8. The van der Waals surface area contributed by atoms with Gasteiger partial charge in [0.2, 0.25) is 10.9 Å². The highest BCUT2D eigenvalue weighted by Gasteiger charge is 2.25. The van der Waals surface area contributed by atoms with Gasteiger partial charge in [0.25, 0.3) is 20.2 Å². The predicted octanol–water partition coefficient (Wildman–Crippen LogP) is 4.84. The lowest BCUT2D eigenvalue weighted by Gasteiger charge is -2.13. The first-order valence-corrected chi connectivity index (χ1v) is 14.8. The van der Waals surface area contributed by atoms with Gasteiger partial charge >= 0.3 is 0 Å². The minimum absolute atomic E-state index is 0.0187. The highest BCUT2D eigenvalue weighted by molar-refractivity contribution is 7.86. The van der Waals surface area contributed by atoms with Crippen molar-refractivity contribution in [2.45, 2.75) is 9.79 Å². The van der Waals surface area contributed by atoms with Crippen molar-refractivity contribution in [3.05, 3.63) is 71.8 Å². The van der Waals surface area contributed by atoms with Crippen molar-refractivity contribution in [1.29, 1.82) is 0 Å². The Bertz CT molecular complexity index is 1920. The average Bonchev–Trinajstić information content (AvgIpc) is 2.83. The summed E-state index contributed by atoms with van der Waals surface area (Å²) in [5.74, 6) is -0.440. The van der Waals surface area contributed by atoms with Gasteiger partial charge in [-0.1, -0.05) is 29.8 Å². The van der Waals surface area contributed by atoms with Crippen LogP contribution in [0.15, 0.2) is 86.7 Å². The SMILES string of the molecule is O=[SH](=O)Nc1cc(S(=O)(=O)O)cc2cc(S(=O)(=O)O)c(N=Nc3cc(Cl)ccc3Oc3ccccc3)c(O)c12. The molecule has 0 spiro atoms. The van der Waals surface area contributed by atoms with Crippen LogP contribution >= 0.6 is 11.6 Å². The molecule has 0 saturated heterocycles. The largest absolute Gasteiger partial charge is 0.505 e. The highest BCUT2D eigenvalue weighted by atomic mass is 35.5. The van der Waals surface area contributed by atoms with Crippen molar-refractivity contribution in [3.8, 4) is 17.2 Å². The molecule has 39 heavy (non-hydrogen) atoms. The number of azo groups is 1. The number of nitrogens with zero attached hydrogens (tertiary/aromatic N) is 2. The average molecular weight is 614 g/mol. The predicted molar refractivity (Wildman–Crippen MR) is 141 cm³/mol. The molecule has 17 heteroatoms. The Balaban J connectivity index is 1.97. The van der Waals surface area contributed by atoms with Crippen molar-refractivity contribution in [2.75, 3.05) is 4.72 Å². The standard InChI is InChI=1S/C22H16ClN3O10S3/c23-13-6-7-18(36-14-4-2-1-3-5-14)16(10-13)24-25-21-19(39(33,34)35)9-12-8-15(38(30,31)32)11-17(26-37(28)29)20(12)22(21)27/h1-11,27,37H,(H,26,28,29)(H,30,31,32)(H,33,34,35). The molecule has 4 rings (SSSR count). The third-order valence-electron chi connectivity index (χ3n) is 5.06. The summed E-state index contributed by atoms with van der Waals surface area (Å²) in [6.07, 6.45) is 0. The van der Waals surface area contributed by atoms with Crippen LogP contribution in [-0.4, -0.2) is 39.5 Å². The summed E-state index contributed by atoms with van der Waals surface area (Å²) in [5.41, 5.74) is -1.38. The first-order valence-electron chi connectivity index (χ1n) is 10.4. The number of hydrogen-bond donors (Lipinski definition) is 5. The number of thiol groups is 1. The first-order chi connectivity index (χ1) is 18.2. The fraction of sp³-hybridized carbons (Fsp3) is 0. The number of nitrogens with one attached hydrogen (secondary N) is 1. The van der Waals surface area contributed by atoms with Crippen LogP contribution in [0.4, 0.5) is 17.1 Å². The first kappa shape index (κ1) is 28.2. The molecular formula is C22H16ClN3O10S3. The number of phenols is 1. The number of aromatic hydroxyl groups is 1. The summed E-state index contributed by atoms with van der Waals surface area (Å²) in [6.45, 7) is 0. The molecule has 0 aliphatic carbocycles. The summed E-state index contributed by atoms with van der Waals surface area (Å²) < 4.78 is 97.4. The van der Waals surface area contributed by atoms with Crippen LogP contribution in [0.3, 0.4) is 0 Å². The van der Waals surface area contributed by atoms with E-state index in [0.29, 0.717) is 11.8 Å². The second-order valence-electron chi connectivity index (χ2n) is 7.69. The summed E-state index contributed by atoms with van der Waals surface area (Å²) in [4.78, 5) is -1.83. The zero-order valence-corrected chi connectivity index (χ0v) is 22.4. The van der Waals surface area contributed by atoms with Crippen LogP contribution < -0.4 is 9.46 Å². The fourth-order valence-electron chi connectivity index (χ4n) is 3.46.